The summed E-state index contributed by atoms with van der Waals surface area (Å²) in [5, 5.41) is 9.29. The Labute approximate surface area is 117 Å². The number of nitrogens with zero attached hydrogens (tertiary/aromatic N) is 2. The number of piperidine rings is 1. The van der Waals surface area contributed by atoms with Crippen LogP contribution in [0.4, 0.5) is 15.8 Å². The van der Waals surface area contributed by atoms with Gasteiger partial charge in [0.15, 0.2) is 0 Å². The van der Waals surface area contributed by atoms with E-state index in [4.69, 9.17) is 5.73 Å². The molecule has 6 heteroatoms. The zero-order valence-corrected chi connectivity index (χ0v) is 11.8. The molecule has 0 bridgehead atoms. The van der Waals surface area contributed by atoms with Gasteiger partial charge in [-0.3, -0.25) is 0 Å². The lowest BCUT2D eigenvalue weighted by Crippen LogP contribution is -2.45. The van der Waals surface area contributed by atoms with Gasteiger partial charge in [0.25, 0.3) is 0 Å². The smallest absolute Gasteiger partial charge is 0.340 e. The molecule has 3 N–H and O–H groups in total. The topological polar surface area (TPSA) is 69.8 Å². The molecule has 110 valence electrons. The van der Waals surface area contributed by atoms with Gasteiger partial charge in [0.1, 0.15) is 11.4 Å². The average molecular weight is 281 g/mol. The maximum atomic E-state index is 13.5. The quantitative estimate of drug-likeness (QED) is 0.824. The van der Waals surface area contributed by atoms with Crippen LogP contribution in [0.2, 0.25) is 0 Å². The SMILES string of the molecule is CN(C)C1CCCN(c2ccc(F)c(N)c2C(=O)O)C1. The number of likely N-dealkylation sites (N-methyl/N-ethyl adjacent to an activating group) is 1. The van der Waals surface area contributed by atoms with Gasteiger partial charge in [-0.1, -0.05) is 0 Å². The number of carboxylic acid groups (broad SMARTS) is 1. The van der Waals surface area contributed by atoms with E-state index >= 15 is 0 Å². The second-order valence-corrected chi connectivity index (χ2v) is 5.37. The molecule has 1 saturated heterocycles. The Morgan fingerprint density at radius 2 is 2.20 bits per heavy atom. The van der Waals surface area contributed by atoms with Crippen molar-refractivity contribution in [2.24, 2.45) is 0 Å². The molecule has 20 heavy (non-hydrogen) atoms. The van der Waals surface area contributed by atoms with Crippen LogP contribution < -0.4 is 10.6 Å². The summed E-state index contributed by atoms with van der Waals surface area (Å²) in [5.74, 6) is -1.88. The summed E-state index contributed by atoms with van der Waals surface area (Å²) in [6.07, 6.45) is 2.04. The van der Waals surface area contributed by atoms with Crippen molar-refractivity contribution in [2.75, 3.05) is 37.8 Å². The fourth-order valence-corrected chi connectivity index (χ4v) is 2.67. The fraction of sp³-hybridized carbons (Fsp3) is 0.500. The van der Waals surface area contributed by atoms with E-state index < -0.39 is 11.8 Å². The minimum atomic E-state index is -1.19. The summed E-state index contributed by atoms with van der Waals surface area (Å²) in [5.41, 5.74) is 5.67. The summed E-state index contributed by atoms with van der Waals surface area (Å²) in [6.45, 7) is 1.48. The lowest BCUT2D eigenvalue weighted by Gasteiger charge is -2.38. The Balaban J connectivity index is 2.37. The molecule has 1 atom stereocenters. The number of benzene rings is 1. The van der Waals surface area contributed by atoms with Gasteiger partial charge >= 0.3 is 5.97 Å². The Kier molecular flexibility index (Phi) is 4.13. The van der Waals surface area contributed by atoms with Gasteiger partial charge < -0.3 is 20.6 Å². The van der Waals surface area contributed by atoms with E-state index in [-0.39, 0.29) is 11.3 Å². The van der Waals surface area contributed by atoms with Crippen molar-refractivity contribution in [3.8, 4) is 0 Å². The van der Waals surface area contributed by atoms with Gasteiger partial charge in [0.05, 0.1) is 11.4 Å². The zero-order valence-electron chi connectivity index (χ0n) is 11.8. The molecule has 1 heterocycles. The maximum Gasteiger partial charge on any atom is 0.340 e. The van der Waals surface area contributed by atoms with E-state index in [1.54, 1.807) is 0 Å². The zero-order chi connectivity index (χ0) is 14.9. The monoisotopic (exact) mass is 281 g/mol. The summed E-state index contributed by atoms with van der Waals surface area (Å²) in [4.78, 5) is 15.5. The normalized spacial score (nSPS) is 19.4. The van der Waals surface area contributed by atoms with Crippen LogP contribution in [0, 0.1) is 5.82 Å². The van der Waals surface area contributed by atoms with Gasteiger partial charge in [0.2, 0.25) is 0 Å². The van der Waals surface area contributed by atoms with Crippen LogP contribution in [0.1, 0.15) is 23.2 Å². The number of hydrogen-bond acceptors (Lipinski definition) is 4. The molecule has 5 nitrogen and oxygen atoms in total. The number of nitrogens with two attached hydrogens (primary N) is 1. The van der Waals surface area contributed by atoms with Gasteiger partial charge in [0, 0.05) is 19.1 Å². The van der Waals surface area contributed by atoms with Crippen molar-refractivity contribution in [1.82, 2.24) is 4.90 Å². The minimum absolute atomic E-state index is 0.135. The molecule has 1 aliphatic rings. The predicted octanol–water partition coefficient (Wildman–Crippen LogP) is 1.64. The molecular formula is C14H20FN3O2. The van der Waals surface area contributed by atoms with Crippen molar-refractivity contribution in [1.29, 1.82) is 0 Å². The number of carboxylic acids is 1. The third-order valence-electron chi connectivity index (χ3n) is 3.85. The summed E-state index contributed by atoms with van der Waals surface area (Å²) >= 11 is 0. The molecule has 1 unspecified atom stereocenters. The molecule has 1 aromatic rings. The molecule has 1 aromatic carbocycles. The molecule has 0 radical (unpaired) electrons. The Morgan fingerprint density at radius 3 is 2.80 bits per heavy atom. The Bertz CT molecular complexity index is 519. The highest BCUT2D eigenvalue weighted by Gasteiger charge is 2.26. The number of nitrogen functional groups attached to an aromatic ring is 1. The first-order chi connectivity index (χ1) is 9.41. The van der Waals surface area contributed by atoms with Crippen molar-refractivity contribution in [3.63, 3.8) is 0 Å². The van der Waals surface area contributed by atoms with E-state index in [9.17, 15) is 14.3 Å². The highest BCUT2D eigenvalue weighted by Crippen LogP contribution is 2.30. The van der Waals surface area contributed by atoms with Gasteiger partial charge in [-0.25, -0.2) is 9.18 Å². The molecule has 1 aliphatic heterocycles. The van der Waals surface area contributed by atoms with Gasteiger partial charge in [-0.2, -0.15) is 0 Å². The first-order valence-electron chi connectivity index (χ1n) is 6.64. The van der Waals surface area contributed by atoms with Crippen molar-refractivity contribution in [3.05, 3.63) is 23.5 Å². The molecule has 0 aliphatic carbocycles. The molecule has 0 amide bonds. The molecule has 2 rings (SSSR count). The average Bonchev–Trinajstić information content (AvgIpc) is 2.41. The van der Waals surface area contributed by atoms with E-state index in [1.165, 1.54) is 12.1 Å². The van der Waals surface area contributed by atoms with Crippen molar-refractivity contribution < 1.29 is 14.3 Å². The van der Waals surface area contributed by atoms with Gasteiger partial charge in [-0.05, 0) is 39.1 Å². The largest absolute Gasteiger partial charge is 0.478 e. The fourth-order valence-electron chi connectivity index (χ4n) is 2.67. The third-order valence-corrected chi connectivity index (χ3v) is 3.85. The number of anilines is 2. The maximum absolute atomic E-state index is 13.5. The highest BCUT2D eigenvalue weighted by atomic mass is 19.1. The highest BCUT2D eigenvalue weighted by molar-refractivity contribution is 6.00. The second kappa shape index (κ2) is 5.66. The molecule has 1 fully saturated rings. The summed E-state index contributed by atoms with van der Waals surface area (Å²) < 4.78 is 13.5. The first kappa shape index (κ1) is 14.6. The summed E-state index contributed by atoms with van der Waals surface area (Å²) in [7, 11) is 4.01. The van der Waals surface area contributed by atoms with Crippen molar-refractivity contribution in [2.45, 2.75) is 18.9 Å². The summed E-state index contributed by atoms with van der Waals surface area (Å²) in [6, 6.07) is 3.10. The molecular weight excluding hydrogens is 261 g/mol. The molecule has 0 spiro atoms. The molecule has 0 saturated carbocycles. The standard InChI is InChI=1S/C14H20FN3O2/c1-17(2)9-4-3-7-18(8-9)11-6-5-10(15)13(16)12(11)14(19)20/h5-6,9H,3-4,7-8,16H2,1-2H3,(H,19,20). The van der Waals surface area contributed by atoms with E-state index in [0.717, 1.165) is 25.9 Å². The lowest BCUT2D eigenvalue weighted by molar-refractivity contribution is 0.0698. The number of hydrogen-bond donors (Lipinski definition) is 2. The van der Waals surface area contributed by atoms with E-state index in [2.05, 4.69) is 4.90 Å². The first-order valence-corrected chi connectivity index (χ1v) is 6.64. The van der Waals surface area contributed by atoms with Crippen molar-refractivity contribution >= 4 is 17.3 Å². The van der Waals surface area contributed by atoms with Crippen LogP contribution in [0.25, 0.3) is 0 Å². The predicted molar refractivity (Wildman–Crippen MR) is 76.7 cm³/mol. The number of aromatic carboxylic acids is 1. The van der Waals surface area contributed by atoms with Crippen LogP contribution in [0.3, 0.4) is 0 Å². The van der Waals surface area contributed by atoms with Gasteiger partial charge in [-0.15, -0.1) is 0 Å². The number of halogens is 1. The number of carbonyl (C=O) groups is 1. The van der Waals surface area contributed by atoms with Crippen LogP contribution in [-0.4, -0.2) is 49.2 Å². The van der Waals surface area contributed by atoms with Crippen LogP contribution in [0.15, 0.2) is 12.1 Å². The second-order valence-electron chi connectivity index (χ2n) is 5.37. The number of rotatable bonds is 3. The Morgan fingerprint density at radius 1 is 1.50 bits per heavy atom. The minimum Gasteiger partial charge on any atom is -0.478 e. The van der Waals surface area contributed by atoms with Crippen LogP contribution in [-0.2, 0) is 0 Å². The van der Waals surface area contributed by atoms with E-state index in [1.807, 2.05) is 19.0 Å². The molecule has 0 aromatic heterocycles. The van der Waals surface area contributed by atoms with E-state index in [0.29, 0.717) is 11.7 Å². The van der Waals surface area contributed by atoms with Crippen LogP contribution >= 0.6 is 0 Å². The van der Waals surface area contributed by atoms with Crippen LogP contribution in [0.5, 0.6) is 0 Å². The third kappa shape index (κ3) is 2.70. The Hall–Kier alpha value is -1.82. The lowest BCUT2D eigenvalue weighted by atomic mass is 10.0.